The lowest BCUT2D eigenvalue weighted by Crippen LogP contribution is -2.27. The van der Waals surface area contributed by atoms with E-state index in [1.165, 1.54) is 4.90 Å². The highest BCUT2D eigenvalue weighted by atomic mass is 32.2. The molecule has 2 aromatic rings. The van der Waals surface area contributed by atoms with Crippen molar-refractivity contribution in [3.8, 4) is 11.1 Å². The molecule has 1 fully saturated rings. The topological polar surface area (TPSA) is 37.4 Å². The Bertz CT molecular complexity index is 735. The van der Waals surface area contributed by atoms with Crippen LogP contribution in [0.3, 0.4) is 0 Å². The quantitative estimate of drug-likeness (QED) is 0.788. The number of hydrogen-bond donors (Lipinski definition) is 0. The first-order valence-electron chi connectivity index (χ1n) is 7.10. The van der Waals surface area contributed by atoms with Crippen molar-refractivity contribution in [1.29, 1.82) is 0 Å². The number of likely N-dealkylation sites (N-methyl/N-ethyl adjacent to an activating group) is 1. The Balaban J connectivity index is 1.84. The highest BCUT2D eigenvalue weighted by Crippen LogP contribution is 2.32. The lowest BCUT2D eigenvalue weighted by molar-refractivity contribution is -0.122. The molecule has 1 saturated heterocycles. The van der Waals surface area contributed by atoms with Crippen LogP contribution in [0.25, 0.3) is 17.2 Å². The Morgan fingerprint density at radius 3 is 2.18 bits per heavy atom. The standard InChI is InChI=1S/C18H15NO2S/c1-2-19-17(20)16(22-18(19)21)12-13-8-10-15(11-9-13)14-6-4-3-5-7-14/h3-12H,2H2,1H3. The van der Waals surface area contributed by atoms with E-state index in [0.29, 0.717) is 11.4 Å². The van der Waals surface area contributed by atoms with Gasteiger partial charge in [-0.1, -0.05) is 54.6 Å². The molecule has 1 aliphatic rings. The van der Waals surface area contributed by atoms with Gasteiger partial charge in [-0.2, -0.15) is 0 Å². The molecule has 2 amide bonds. The molecule has 110 valence electrons. The summed E-state index contributed by atoms with van der Waals surface area (Å²) in [5.41, 5.74) is 3.20. The van der Waals surface area contributed by atoms with Crippen LogP contribution in [-0.4, -0.2) is 22.6 Å². The van der Waals surface area contributed by atoms with Crippen molar-refractivity contribution in [1.82, 2.24) is 4.90 Å². The number of nitrogens with zero attached hydrogens (tertiary/aromatic N) is 1. The average Bonchev–Trinajstić information content (AvgIpc) is 2.82. The smallest absolute Gasteiger partial charge is 0.269 e. The molecule has 0 saturated carbocycles. The van der Waals surface area contributed by atoms with Crippen molar-refractivity contribution < 1.29 is 9.59 Å². The molecule has 1 aliphatic heterocycles. The number of hydrogen-bond acceptors (Lipinski definition) is 3. The monoisotopic (exact) mass is 309 g/mol. The maximum Gasteiger partial charge on any atom is 0.293 e. The second kappa shape index (κ2) is 6.20. The zero-order chi connectivity index (χ0) is 15.5. The summed E-state index contributed by atoms with van der Waals surface area (Å²) in [6.45, 7) is 2.21. The summed E-state index contributed by atoms with van der Waals surface area (Å²) < 4.78 is 0. The minimum atomic E-state index is -0.204. The zero-order valence-corrected chi connectivity index (χ0v) is 13.0. The molecule has 3 nitrogen and oxygen atoms in total. The van der Waals surface area contributed by atoms with Gasteiger partial charge in [-0.3, -0.25) is 14.5 Å². The highest BCUT2D eigenvalue weighted by Gasteiger charge is 2.33. The van der Waals surface area contributed by atoms with Gasteiger partial charge in [0.1, 0.15) is 0 Å². The Morgan fingerprint density at radius 1 is 0.955 bits per heavy atom. The third kappa shape index (κ3) is 2.83. The van der Waals surface area contributed by atoms with Gasteiger partial charge in [-0.15, -0.1) is 0 Å². The van der Waals surface area contributed by atoms with Crippen LogP contribution in [0.4, 0.5) is 4.79 Å². The largest absolute Gasteiger partial charge is 0.293 e. The lowest BCUT2D eigenvalue weighted by atomic mass is 10.0. The first-order valence-corrected chi connectivity index (χ1v) is 7.91. The normalized spacial score (nSPS) is 16.6. The molecule has 0 atom stereocenters. The molecule has 0 aliphatic carbocycles. The fraction of sp³-hybridized carbons (Fsp3) is 0.111. The second-order valence-electron chi connectivity index (χ2n) is 4.91. The van der Waals surface area contributed by atoms with Gasteiger partial charge < -0.3 is 0 Å². The number of carbonyl (C=O) groups is 2. The first-order chi connectivity index (χ1) is 10.7. The van der Waals surface area contributed by atoms with E-state index in [4.69, 9.17) is 0 Å². The molecule has 2 aromatic carbocycles. The van der Waals surface area contributed by atoms with Crippen LogP contribution in [0.15, 0.2) is 59.5 Å². The lowest BCUT2D eigenvalue weighted by Gasteiger charge is -2.07. The minimum absolute atomic E-state index is 0.195. The van der Waals surface area contributed by atoms with Gasteiger partial charge in [0.05, 0.1) is 4.91 Å². The summed E-state index contributed by atoms with van der Waals surface area (Å²) in [5, 5.41) is -0.195. The second-order valence-corrected chi connectivity index (χ2v) is 5.91. The fourth-order valence-corrected chi connectivity index (χ4v) is 3.23. The van der Waals surface area contributed by atoms with Gasteiger partial charge >= 0.3 is 0 Å². The molecule has 3 rings (SSSR count). The van der Waals surface area contributed by atoms with E-state index < -0.39 is 0 Å². The molecular formula is C18H15NO2S. The third-order valence-electron chi connectivity index (χ3n) is 3.51. The van der Waals surface area contributed by atoms with E-state index >= 15 is 0 Å². The summed E-state index contributed by atoms with van der Waals surface area (Å²) in [5.74, 6) is -0.204. The maximum atomic E-state index is 12.1. The predicted octanol–water partition coefficient (Wildman–Crippen LogP) is 4.41. The molecule has 4 heteroatoms. The number of rotatable bonds is 3. The van der Waals surface area contributed by atoms with Crippen LogP contribution < -0.4 is 0 Å². The summed E-state index contributed by atoms with van der Waals surface area (Å²) in [7, 11) is 0. The molecule has 0 radical (unpaired) electrons. The summed E-state index contributed by atoms with van der Waals surface area (Å²) in [6, 6.07) is 18.1. The summed E-state index contributed by atoms with van der Waals surface area (Å²) >= 11 is 1.00. The van der Waals surface area contributed by atoms with Crippen molar-refractivity contribution in [3.05, 3.63) is 65.1 Å². The van der Waals surface area contributed by atoms with Gasteiger partial charge in [-0.05, 0) is 41.5 Å². The van der Waals surface area contributed by atoms with Gasteiger partial charge in [0.15, 0.2) is 0 Å². The zero-order valence-electron chi connectivity index (χ0n) is 12.2. The molecule has 0 aromatic heterocycles. The number of amides is 2. The van der Waals surface area contributed by atoms with Gasteiger partial charge in [0.2, 0.25) is 0 Å². The van der Waals surface area contributed by atoms with Crippen LogP contribution in [0.1, 0.15) is 12.5 Å². The van der Waals surface area contributed by atoms with Crippen LogP contribution in [0, 0.1) is 0 Å². The van der Waals surface area contributed by atoms with E-state index in [1.807, 2.05) is 42.5 Å². The van der Waals surface area contributed by atoms with E-state index in [1.54, 1.807) is 13.0 Å². The van der Waals surface area contributed by atoms with Crippen LogP contribution in [0.5, 0.6) is 0 Å². The average molecular weight is 309 g/mol. The van der Waals surface area contributed by atoms with Gasteiger partial charge in [-0.25, -0.2) is 0 Å². The Hall–Kier alpha value is -2.33. The molecule has 0 unspecified atom stereocenters. The fourth-order valence-electron chi connectivity index (χ4n) is 2.33. The van der Waals surface area contributed by atoms with Gasteiger partial charge in [0.25, 0.3) is 11.1 Å². The number of thioether (sulfide) groups is 1. The summed E-state index contributed by atoms with van der Waals surface area (Å²) in [4.78, 5) is 25.5. The maximum absolute atomic E-state index is 12.1. The van der Waals surface area contributed by atoms with Crippen molar-refractivity contribution in [2.45, 2.75) is 6.92 Å². The highest BCUT2D eigenvalue weighted by molar-refractivity contribution is 8.18. The molecule has 1 heterocycles. The Morgan fingerprint density at radius 2 is 1.59 bits per heavy atom. The summed E-state index contributed by atoms with van der Waals surface area (Å²) in [6.07, 6.45) is 1.77. The van der Waals surface area contributed by atoms with Crippen molar-refractivity contribution in [3.63, 3.8) is 0 Å². The Labute approximate surface area is 133 Å². The third-order valence-corrected chi connectivity index (χ3v) is 4.41. The van der Waals surface area contributed by atoms with Gasteiger partial charge in [0, 0.05) is 6.54 Å². The van der Waals surface area contributed by atoms with E-state index in [0.717, 1.165) is 28.5 Å². The Kier molecular flexibility index (Phi) is 4.11. The first kappa shape index (κ1) is 14.6. The molecule has 22 heavy (non-hydrogen) atoms. The minimum Gasteiger partial charge on any atom is -0.269 e. The van der Waals surface area contributed by atoms with E-state index in [9.17, 15) is 9.59 Å². The van der Waals surface area contributed by atoms with E-state index in [-0.39, 0.29) is 11.1 Å². The van der Waals surface area contributed by atoms with Crippen LogP contribution >= 0.6 is 11.8 Å². The molecule has 0 N–H and O–H groups in total. The molecule has 0 bridgehead atoms. The number of carbonyl (C=O) groups excluding carboxylic acids is 2. The van der Waals surface area contributed by atoms with Crippen LogP contribution in [-0.2, 0) is 4.79 Å². The number of imide groups is 1. The van der Waals surface area contributed by atoms with Crippen molar-refractivity contribution in [2.75, 3.05) is 6.54 Å². The number of benzene rings is 2. The van der Waals surface area contributed by atoms with Crippen molar-refractivity contribution in [2.24, 2.45) is 0 Å². The molecule has 0 spiro atoms. The predicted molar refractivity (Wildman–Crippen MR) is 90.2 cm³/mol. The molecular weight excluding hydrogens is 294 g/mol. The van der Waals surface area contributed by atoms with Crippen LogP contribution in [0.2, 0.25) is 0 Å². The SMILES string of the molecule is CCN1C(=O)SC(=Cc2ccc(-c3ccccc3)cc2)C1=O. The van der Waals surface area contributed by atoms with Crippen molar-refractivity contribution >= 4 is 29.0 Å². The van der Waals surface area contributed by atoms with E-state index in [2.05, 4.69) is 12.1 Å².